The number of furan rings is 1. The fourth-order valence-electron chi connectivity index (χ4n) is 1.34. The summed E-state index contributed by atoms with van der Waals surface area (Å²) in [5.41, 5.74) is 6.63. The summed E-state index contributed by atoms with van der Waals surface area (Å²) >= 11 is 1.71. The van der Waals surface area contributed by atoms with Gasteiger partial charge in [0.25, 0.3) is 0 Å². The number of hydrogen-bond donors (Lipinski definition) is 1. The van der Waals surface area contributed by atoms with Crippen LogP contribution in [0, 0.1) is 6.92 Å². The van der Waals surface area contributed by atoms with Crippen LogP contribution in [0.2, 0.25) is 0 Å². The third kappa shape index (κ3) is 4.09. The van der Waals surface area contributed by atoms with Gasteiger partial charge in [-0.15, -0.1) is 0 Å². The van der Waals surface area contributed by atoms with E-state index < -0.39 is 5.97 Å². The Morgan fingerprint density at radius 1 is 1.65 bits per heavy atom. The molecule has 1 aromatic heterocycles. The van der Waals surface area contributed by atoms with Gasteiger partial charge >= 0.3 is 5.97 Å². The molecule has 4 nitrogen and oxygen atoms in total. The first-order valence-corrected chi connectivity index (χ1v) is 6.74. The molecule has 0 saturated heterocycles. The van der Waals surface area contributed by atoms with Crippen LogP contribution in [-0.2, 0) is 10.5 Å². The number of rotatable bonds is 6. The molecule has 0 aromatic carbocycles. The van der Waals surface area contributed by atoms with Crippen molar-refractivity contribution in [2.75, 3.05) is 12.9 Å². The maximum Gasteiger partial charge on any atom is 0.374 e. The van der Waals surface area contributed by atoms with Crippen LogP contribution < -0.4 is 5.73 Å². The molecular formula is C12H19NO3S. The molecule has 0 fully saturated rings. The summed E-state index contributed by atoms with van der Waals surface area (Å²) in [6, 6.07) is 2.09. The van der Waals surface area contributed by atoms with Gasteiger partial charge in [0.2, 0.25) is 5.76 Å². The SMILES string of the molecule is CCC(N)CSCc1cc(C)c(C(=O)OC)o1. The van der Waals surface area contributed by atoms with E-state index in [1.54, 1.807) is 11.8 Å². The fourth-order valence-corrected chi connectivity index (χ4v) is 2.34. The summed E-state index contributed by atoms with van der Waals surface area (Å²) in [6.45, 7) is 3.90. The average molecular weight is 257 g/mol. The number of ether oxygens (including phenoxy) is 1. The lowest BCUT2D eigenvalue weighted by Crippen LogP contribution is -2.21. The maximum absolute atomic E-state index is 11.3. The van der Waals surface area contributed by atoms with E-state index in [1.165, 1.54) is 7.11 Å². The molecule has 0 bridgehead atoms. The van der Waals surface area contributed by atoms with Gasteiger partial charge in [0.15, 0.2) is 0 Å². The zero-order valence-electron chi connectivity index (χ0n) is 10.5. The highest BCUT2D eigenvalue weighted by molar-refractivity contribution is 7.98. The van der Waals surface area contributed by atoms with Crippen LogP contribution >= 0.6 is 11.8 Å². The van der Waals surface area contributed by atoms with Gasteiger partial charge in [-0.2, -0.15) is 11.8 Å². The van der Waals surface area contributed by atoms with Crippen LogP contribution in [0.25, 0.3) is 0 Å². The van der Waals surface area contributed by atoms with Gasteiger partial charge in [-0.1, -0.05) is 6.92 Å². The summed E-state index contributed by atoms with van der Waals surface area (Å²) in [5, 5.41) is 0. The number of carbonyl (C=O) groups is 1. The number of thioether (sulfide) groups is 1. The van der Waals surface area contributed by atoms with Crippen molar-refractivity contribution in [3.05, 3.63) is 23.2 Å². The normalized spacial score (nSPS) is 12.5. The van der Waals surface area contributed by atoms with Crippen molar-refractivity contribution in [1.29, 1.82) is 0 Å². The molecule has 0 aliphatic rings. The lowest BCUT2D eigenvalue weighted by molar-refractivity contribution is 0.0562. The Morgan fingerprint density at radius 2 is 2.35 bits per heavy atom. The van der Waals surface area contributed by atoms with E-state index in [0.717, 1.165) is 29.3 Å². The largest absolute Gasteiger partial charge is 0.463 e. The molecule has 0 aliphatic carbocycles. The van der Waals surface area contributed by atoms with Gasteiger partial charge in [-0.25, -0.2) is 4.79 Å². The smallest absolute Gasteiger partial charge is 0.374 e. The lowest BCUT2D eigenvalue weighted by Gasteiger charge is -2.06. The highest BCUT2D eigenvalue weighted by Crippen LogP contribution is 2.20. The van der Waals surface area contributed by atoms with E-state index in [2.05, 4.69) is 11.7 Å². The van der Waals surface area contributed by atoms with E-state index in [9.17, 15) is 4.79 Å². The van der Waals surface area contributed by atoms with E-state index in [-0.39, 0.29) is 6.04 Å². The molecule has 1 aromatic rings. The number of hydrogen-bond acceptors (Lipinski definition) is 5. The van der Waals surface area contributed by atoms with Crippen LogP contribution in [0.15, 0.2) is 10.5 Å². The standard InChI is InChI=1S/C12H19NO3S/c1-4-9(13)6-17-7-10-5-8(2)11(16-10)12(14)15-3/h5,9H,4,6-7,13H2,1-3H3. The second-order valence-electron chi connectivity index (χ2n) is 3.90. The molecule has 5 heteroatoms. The molecule has 0 radical (unpaired) electrons. The van der Waals surface area contributed by atoms with Crippen LogP contribution in [0.4, 0.5) is 0 Å². The maximum atomic E-state index is 11.3. The van der Waals surface area contributed by atoms with E-state index in [0.29, 0.717) is 5.76 Å². The molecule has 1 rings (SSSR count). The fraction of sp³-hybridized carbons (Fsp3) is 0.583. The number of aryl methyl sites for hydroxylation is 1. The summed E-state index contributed by atoms with van der Waals surface area (Å²) in [5.74, 6) is 2.28. The van der Waals surface area contributed by atoms with Crippen molar-refractivity contribution in [2.24, 2.45) is 5.73 Å². The molecule has 1 atom stereocenters. The van der Waals surface area contributed by atoms with Gasteiger partial charge in [0, 0.05) is 17.4 Å². The minimum atomic E-state index is -0.427. The van der Waals surface area contributed by atoms with Crippen molar-refractivity contribution in [2.45, 2.75) is 32.1 Å². The van der Waals surface area contributed by atoms with E-state index >= 15 is 0 Å². The van der Waals surface area contributed by atoms with Crippen molar-refractivity contribution in [3.8, 4) is 0 Å². The number of methoxy groups -OCH3 is 1. The van der Waals surface area contributed by atoms with Gasteiger partial charge in [-0.05, 0) is 19.4 Å². The predicted molar refractivity (Wildman–Crippen MR) is 69.2 cm³/mol. The van der Waals surface area contributed by atoms with Gasteiger partial charge < -0.3 is 14.9 Å². The highest BCUT2D eigenvalue weighted by Gasteiger charge is 2.15. The average Bonchev–Trinajstić information content (AvgIpc) is 2.69. The first kappa shape index (κ1) is 14.1. The van der Waals surface area contributed by atoms with Crippen LogP contribution in [-0.4, -0.2) is 24.9 Å². The Bertz CT molecular complexity index is 376. The predicted octanol–water partition coefficient (Wildman–Crippen LogP) is 2.35. The summed E-state index contributed by atoms with van der Waals surface area (Å²) in [6.07, 6.45) is 0.970. The van der Waals surface area contributed by atoms with Gasteiger partial charge in [0.1, 0.15) is 5.76 Å². The number of carbonyl (C=O) groups excluding carboxylic acids is 1. The quantitative estimate of drug-likeness (QED) is 0.792. The van der Waals surface area contributed by atoms with Crippen LogP contribution in [0.1, 0.15) is 35.2 Å². The summed E-state index contributed by atoms with van der Waals surface area (Å²) in [7, 11) is 1.35. The third-order valence-corrected chi connectivity index (χ3v) is 3.59. The zero-order chi connectivity index (χ0) is 12.8. The first-order chi connectivity index (χ1) is 8.08. The van der Waals surface area contributed by atoms with Crippen molar-refractivity contribution in [1.82, 2.24) is 0 Å². The van der Waals surface area contributed by atoms with Crippen LogP contribution in [0.5, 0.6) is 0 Å². The number of esters is 1. The van der Waals surface area contributed by atoms with E-state index in [1.807, 2.05) is 13.0 Å². The lowest BCUT2D eigenvalue weighted by atomic mass is 10.3. The van der Waals surface area contributed by atoms with Crippen molar-refractivity contribution >= 4 is 17.7 Å². The highest BCUT2D eigenvalue weighted by atomic mass is 32.2. The molecule has 1 heterocycles. The molecule has 17 heavy (non-hydrogen) atoms. The Kier molecular flexibility index (Phi) is 5.58. The summed E-state index contributed by atoms with van der Waals surface area (Å²) in [4.78, 5) is 11.3. The molecule has 0 aliphatic heterocycles. The minimum absolute atomic E-state index is 0.219. The Hall–Kier alpha value is -0.940. The Morgan fingerprint density at radius 3 is 2.94 bits per heavy atom. The zero-order valence-corrected chi connectivity index (χ0v) is 11.3. The second-order valence-corrected chi connectivity index (χ2v) is 4.93. The molecule has 0 saturated carbocycles. The topological polar surface area (TPSA) is 65.5 Å². The Labute approximate surface area is 106 Å². The molecule has 1 unspecified atom stereocenters. The van der Waals surface area contributed by atoms with Crippen molar-refractivity contribution in [3.63, 3.8) is 0 Å². The molecule has 2 N–H and O–H groups in total. The van der Waals surface area contributed by atoms with Crippen molar-refractivity contribution < 1.29 is 13.9 Å². The number of nitrogens with two attached hydrogens (primary N) is 1. The molecule has 0 spiro atoms. The Balaban J connectivity index is 2.53. The summed E-state index contributed by atoms with van der Waals surface area (Å²) < 4.78 is 10.1. The molecule has 0 amide bonds. The monoisotopic (exact) mass is 257 g/mol. The molecular weight excluding hydrogens is 238 g/mol. The first-order valence-electron chi connectivity index (χ1n) is 5.59. The molecule has 96 valence electrons. The van der Waals surface area contributed by atoms with Gasteiger partial charge in [-0.3, -0.25) is 0 Å². The minimum Gasteiger partial charge on any atom is -0.463 e. The second kappa shape index (κ2) is 6.71. The third-order valence-electron chi connectivity index (χ3n) is 2.44. The van der Waals surface area contributed by atoms with Crippen LogP contribution in [0.3, 0.4) is 0 Å². The van der Waals surface area contributed by atoms with Gasteiger partial charge in [0.05, 0.1) is 12.9 Å². The van der Waals surface area contributed by atoms with E-state index in [4.69, 9.17) is 10.2 Å².